The van der Waals surface area contributed by atoms with E-state index in [1.54, 1.807) is 6.92 Å². The van der Waals surface area contributed by atoms with E-state index in [9.17, 15) is 9.59 Å². The summed E-state index contributed by atoms with van der Waals surface area (Å²) >= 11 is 0. The predicted octanol–water partition coefficient (Wildman–Crippen LogP) is 2.47. The molecule has 0 unspecified atom stereocenters. The average molecular weight is 254 g/mol. The van der Waals surface area contributed by atoms with E-state index >= 15 is 0 Å². The maximum atomic E-state index is 11.2. The number of carbonyl (C=O) groups is 2. The Balaban J connectivity index is 2.77. The molecule has 0 bridgehead atoms. The monoisotopic (exact) mass is 254 g/mol. The summed E-state index contributed by atoms with van der Waals surface area (Å²) in [4.78, 5) is 22.4. The van der Waals surface area contributed by atoms with Gasteiger partial charge in [0.25, 0.3) is 0 Å². The van der Waals surface area contributed by atoms with E-state index < -0.39 is 0 Å². The van der Waals surface area contributed by atoms with E-state index in [4.69, 9.17) is 9.47 Å². The van der Waals surface area contributed by atoms with Crippen molar-refractivity contribution in [2.24, 2.45) is 11.3 Å². The Labute approximate surface area is 108 Å². The zero-order valence-electron chi connectivity index (χ0n) is 11.8. The Hall–Kier alpha value is -1.32. The number of rotatable bonds is 4. The number of hydrogen-bond acceptors (Lipinski definition) is 4. The molecule has 0 aromatic heterocycles. The zero-order valence-corrected chi connectivity index (χ0v) is 11.8. The van der Waals surface area contributed by atoms with Crippen LogP contribution in [0.25, 0.3) is 0 Å². The van der Waals surface area contributed by atoms with E-state index in [1.165, 1.54) is 6.92 Å². The highest BCUT2D eigenvalue weighted by Gasteiger charge is 2.43. The quantitative estimate of drug-likeness (QED) is 0.571. The van der Waals surface area contributed by atoms with Crippen LogP contribution in [0.4, 0.5) is 0 Å². The molecule has 0 amide bonds. The summed E-state index contributed by atoms with van der Waals surface area (Å²) in [6, 6.07) is 0. The highest BCUT2D eigenvalue weighted by molar-refractivity contribution is 5.69. The first-order valence-electron chi connectivity index (χ1n) is 6.30. The van der Waals surface area contributed by atoms with E-state index in [1.807, 2.05) is 6.92 Å². The van der Waals surface area contributed by atoms with Gasteiger partial charge in [-0.15, -0.1) is 0 Å². The molecule has 0 N–H and O–H groups in total. The molecule has 102 valence electrons. The van der Waals surface area contributed by atoms with Crippen molar-refractivity contribution in [1.82, 2.24) is 0 Å². The lowest BCUT2D eigenvalue weighted by molar-refractivity contribution is -0.152. The Kier molecular flexibility index (Phi) is 4.54. The van der Waals surface area contributed by atoms with Gasteiger partial charge in [0.05, 0.1) is 6.61 Å². The topological polar surface area (TPSA) is 52.6 Å². The summed E-state index contributed by atoms with van der Waals surface area (Å²) in [7, 11) is 0. The van der Waals surface area contributed by atoms with Crippen molar-refractivity contribution in [1.29, 1.82) is 0 Å². The minimum absolute atomic E-state index is 0.0168. The van der Waals surface area contributed by atoms with Crippen molar-refractivity contribution in [3.8, 4) is 0 Å². The van der Waals surface area contributed by atoms with Crippen LogP contribution in [-0.2, 0) is 19.1 Å². The summed E-state index contributed by atoms with van der Waals surface area (Å²) in [5.41, 5.74) is 0.880. The second kappa shape index (κ2) is 5.55. The van der Waals surface area contributed by atoms with Crippen LogP contribution in [0, 0.1) is 11.3 Å². The zero-order chi connectivity index (χ0) is 13.9. The maximum absolute atomic E-state index is 11.2. The van der Waals surface area contributed by atoms with Crippen molar-refractivity contribution >= 4 is 11.9 Å². The standard InChI is InChI=1S/C14H22O4/c1-6-12(16)17-8-11-13(18-10(3)15)9(2)7-14(11,4)5/h7,11,13H,6,8H2,1-5H3/t11-,13-/m1/s1. The lowest BCUT2D eigenvalue weighted by Crippen LogP contribution is -2.35. The first-order chi connectivity index (χ1) is 8.27. The summed E-state index contributed by atoms with van der Waals surface area (Å²) < 4.78 is 10.5. The van der Waals surface area contributed by atoms with Gasteiger partial charge in [-0.25, -0.2) is 0 Å². The fourth-order valence-corrected chi connectivity index (χ4v) is 2.42. The van der Waals surface area contributed by atoms with E-state index in [0.717, 1.165) is 5.57 Å². The number of allylic oxidation sites excluding steroid dienone is 1. The van der Waals surface area contributed by atoms with Crippen LogP contribution in [0.3, 0.4) is 0 Å². The van der Waals surface area contributed by atoms with Crippen LogP contribution in [0.15, 0.2) is 11.6 Å². The number of carbonyl (C=O) groups excluding carboxylic acids is 2. The van der Waals surface area contributed by atoms with Gasteiger partial charge in [-0.3, -0.25) is 9.59 Å². The van der Waals surface area contributed by atoms with Gasteiger partial charge in [0.2, 0.25) is 0 Å². The summed E-state index contributed by atoms with van der Waals surface area (Å²) in [6.07, 6.45) is 2.16. The van der Waals surface area contributed by atoms with Crippen molar-refractivity contribution in [2.45, 2.75) is 47.1 Å². The molecule has 4 nitrogen and oxygen atoms in total. The fourth-order valence-electron chi connectivity index (χ4n) is 2.42. The molecule has 0 saturated heterocycles. The highest BCUT2D eigenvalue weighted by Crippen LogP contribution is 2.42. The molecule has 18 heavy (non-hydrogen) atoms. The molecule has 2 atom stereocenters. The maximum Gasteiger partial charge on any atom is 0.305 e. The lowest BCUT2D eigenvalue weighted by atomic mass is 9.81. The molecular formula is C14H22O4. The van der Waals surface area contributed by atoms with Crippen molar-refractivity contribution < 1.29 is 19.1 Å². The summed E-state index contributed by atoms with van der Waals surface area (Å²) in [5, 5.41) is 0. The third-order valence-corrected chi connectivity index (χ3v) is 3.38. The van der Waals surface area contributed by atoms with Gasteiger partial charge >= 0.3 is 11.9 Å². The molecule has 1 rings (SSSR count). The van der Waals surface area contributed by atoms with Gasteiger partial charge in [-0.1, -0.05) is 26.8 Å². The molecular weight excluding hydrogens is 232 g/mol. The van der Waals surface area contributed by atoms with Gasteiger partial charge in [-0.05, 0) is 17.9 Å². The second-order valence-corrected chi connectivity index (χ2v) is 5.38. The van der Waals surface area contributed by atoms with Crippen molar-refractivity contribution in [3.63, 3.8) is 0 Å². The average Bonchev–Trinajstić information content (AvgIpc) is 2.45. The molecule has 0 fully saturated rings. The SMILES string of the molecule is CCC(=O)OC[C@@H]1[C@H](OC(C)=O)C(C)=CC1(C)C. The first-order valence-corrected chi connectivity index (χ1v) is 6.30. The fraction of sp³-hybridized carbons (Fsp3) is 0.714. The Morgan fingerprint density at radius 1 is 1.39 bits per heavy atom. The predicted molar refractivity (Wildman–Crippen MR) is 67.8 cm³/mol. The van der Waals surface area contributed by atoms with E-state index in [0.29, 0.717) is 6.42 Å². The van der Waals surface area contributed by atoms with Crippen LogP contribution in [0.2, 0.25) is 0 Å². The summed E-state index contributed by atoms with van der Waals surface area (Å²) in [6.45, 7) is 9.50. The Morgan fingerprint density at radius 2 is 2.00 bits per heavy atom. The third kappa shape index (κ3) is 3.34. The van der Waals surface area contributed by atoms with Crippen molar-refractivity contribution in [2.75, 3.05) is 6.61 Å². The molecule has 1 aliphatic carbocycles. The lowest BCUT2D eigenvalue weighted by Gasteiger charge is -2.30. The number of esters is 2. The molecule has 4 heteroatoms. The van der Waals surface area contributed by atoms with E-state index in [2.05, 4.69) is 19.9 Å². The highest BCUT2D eigenvalue weighted by atomic mass is 16.6. The normalized spacial score (nSPS) is 25.5. The van der Waals surface area contributed by atoms with E-state index in [-0.39, 0.29) is 36.0 Å². The molecule has 0 spiro atoms. The molecule has 0 aromatic rings. The smallest absolute Gasteiger partial charge is 0.305 e. The minimum Gasteiger partial charge on any atom is -0.465 e. The van der Waals surface area contributed by atoms with Gasteiger partial charge in [0.15, 0.2) is 0 Å². The Bertz CT molecular complexity index is 368. The second-order valence-electron chi connectivity index (χ2n) is 5.38. The molecule has 1 aliphatic rings. The first kappa shape index (κ1) is 14.7. The van der Waals surface area contributed by atoms with Gasteiger partial charge in [-0.2, -0.15) is 0 Å². The molecule has 0 radical (unpaired) electrons. The molecule has 0 aromatic carbocycles. The third-order valence-electron chi connectivity index (χ3n) is 3.38. The van der Waals surface area contributed by atoms with Crippen LogP contribution in [0.1, 0.15) is 41.0 Å². The van der Waals surface area contributed by atoms with Crippen molar-refractivity contribution in [3.05, 3.63) is 11.6 Å². The minimum atomic E-state index is -0.308. The van der Waals surface area contributed by atoms with Crippen LogP contribution < -0.4 is 0 Å². The Morgan fingerprint density at radius 3 is 2.50 bits per heavy atom. The largest absolute Gasteiger partial charge is 0.465 e. The van der Waals surface area contributed by atoms with Gasteiger partial charge < -0.3 is 9.47 Å². The summed E-state index contributed by atoms with van der Waals surface area (Å²) in [5.74, 6) is -0.550. The molecule has 0 heterocycles. The van der Waals surface area contributed by atoms with Crippen LogP contribution in [-0.4, -0.2) is 24.6 Å². The van der Waals surface area contributed by atoms with Crippen LogP contribution in [0.5, 0.6) is 0 Å². The number of ether oxygens (including phenoxy) is 2. The van der Waals surface area contributed by atoms with Gasteiger partial charge in [0, 0.05) is 19.3 Å². The molecule has 0 aliphatic heterocycles. The molecule has 0 saturated carbocycles. The number of hydrogen-bond donors (Lipinski definition) is 0. The van der Waals surface area contributed by atoms with Crippen LogP contribution >= 0.6 is 0 Å². The van der Waals surface area contributed by atoms with Gasteiger partial charge in [0.1, 0.15) is 6.10 Å².